The lowest BCUT2D eigenvalue weighted by molar-refractivity contribution is -0.143. The molecule has 3 aliphatic rings. The zero-order valence-corrected chi connectivity index (χ0v) is 12.5. The Bertz CT molecular complexity index is 328. The van der Waals surface area contributed by atoms with E-state index in [1.807, 2.05) is 0 Å². The third-order valence-corrected chi connectivity index (χ3v) is 5.36. The van der Waals surface area contributed by atoms with Gasteiger partial charge in [0.2, 0.25) is 0 Å². The van der Waals surface area contributed by atoms with Crippen LogP contribution in [0, 0.1) is 5.92 Å². The normalized spacial score (nSPS) is 35.7. The van der Waals surface area contributed by atoms with Crippen LogP contribution in [0.4, 0.5) is 0 Å². The van der Waals surface area contributed by atoms with Crippen LogP contribution in [0.15, 0.2) is 11.6 Å². The highest BCUT2D eigenvalue weighted by molar-refractivity contribution is 6.21. The zero-order chi connectivity index (χ0) is 13.1. The molecule has 2 saturated heterocycles. The van der Waals surface area contributed by atoms with Crippen LogP contribution >= 0.6 is 11.6 Å². The maximum Gasteiger partial charge on any atom is 0.0732 e. The van der Waals surface area contributed by atoms with Crippen LogP contribution in [0.25, 0.3) is 0 Å². The number of rotatable bonds is 1. The van der Waals surface area contributed by atoms with Crippen LogP contribution in [0.5, 0.6) is 0 Å². The van der Waals surface area contributed by atoms with E-state index in [2.05, 4.69) is 6.08 Å². The molecule has 1 aliphatic carbocycles. The lowest BCUT2D eigenvalue weighted by atomic mass is 9.77. The van der Waals surface area contributed by atoms with Crippen LogP contribution in [-0.4, -0.2) is 30.8 Å². The summed E-state index contributed by atoms with van der Waals surface area (Å²) in [6.07, 6.45) is 11.8. The summed E-state index contributed by atoms with van der Waals surface area (Å²) in [7, 11) is 0. The fourth-order valence-corrected chi connectivity index (χ4v) is 4.16. The molecule has 2 unspecified atom stereocenters. The third-order valence-electron chi connectivity index (χ3n) is 5.01. The van der Waals surface area contributed by atoms with Crippen LogP contribution in [0.1, 0.15) is 51.4 Å². The molecule has 2 heterocycles. The van der Waals surface area contributed by atoms with Crippen molar-refractivity contribution in [3.8, 4) is 0 Å². The minimum atomic E-state index is 0.107. The molecule has 108 valence electrons. The van der Waals surface area contributed by atoms with Crippen molar-refractivity contribution in [3.05, 3.63) is 11.6 Å². The molecule has 0 aromatic heterocycles. The van der Waals surface area contributed by atoms with Gasteiger partial charge in [-0.2, -0.15) is 0 Å². The Morgan fingerprint density at radius 3 is 2.79 bits per heavy atom. The first-order valence-corrected chi connectivity index (χ1v) is 8.27. The predicted molar refractivity (Wildman–Crippen MR) is 77.7 cm³/mol. The van der Waals surface area contributed by atoms with E-state index in [4.69, 9.17) is 21.1 Å². The Hall–Kier alpha value is -0.0500. The lowest BCUT2D eigenvalue weighted by Crippen LogP contribution is -2.44. The van der Waals surface area contributed by atoms with Gasteiger partial charge in [-0.3, -0.25) is 0 Å². The van der Waals surface area contributed by atoms with E-state index >= 15 is 0 Å². The maximum absolute atomic E-state index is 6.38. The van der Waals surface area contributed by atoms with Crippen LogP contribution in [0.3, 0.4) is 0 Å². The van der Waals surface area contributed by atoms with Crippen molar-refractivity contribution in [2.75, 3.05) is 19.8 Å². The molecule has 2 atom stereocenters. The first-order chi connectivity index (χ1) is 9.27. The molecule has 0 saturated carbocycles. The van der Waals surface area contributed by atoms with Crippen molar-refractivity contribution in [2.45, 2.75) is 62.3 Å². The van der Waals surface area contributed by atoms with Crippen molar-refractivity contribution in [2.24, 2.45) is 5.92 Å². The predicted octanol–water partition coefficient (Wildman–Crippen LogP) is 4.07. The smallest absolute Gasteiger partial charge is 0.0732 e. The Morgan fingerprint density at radius 2 is 1.95 bits per heavy atom. The fraction of sp³-hybridized carbons (Fsp3) is 0.875. The van der Waals surface area contributed by atoms with E-state index in [1.165, 1.54) is 32.1 Å². The number of allylic oxidation sites excluding steroid dienone is 2. The standard InChI is InChI=1S/C16H25ClO2/c17-15-4-2-1-3-13(11-15)14-5-8-19-16(12-14)6-9-18-10-7-16/h11,14-15H,1-10,12H2. The molecule has 2 nitrogen and oxygen atoms in total. The van der Waals surface area contributed by atoms with Crippen molar-refractivity contribution in [1.29, 1.82) is 0 Å². The number of halogens is 1. The average molecular weight is 285 g/mol. The fourth-order valence-electron chi connectivity index (χ4n) is 3.84. The highest BCUT2D eigenvalue weighted by Gasteiger charge is 2.39. The van der Waals surface area contributed by atoms with Gasteiger partial charge in [0.25, 0.3) is 0 Å². The summed E-state index contributed by atoms with van der Waals surface area (Å²) in [5.74, 6) is 0.700. The summed E-state index contributed by atoms with van der Waals surface area (Å²) < 4.78 is 11.6. The van der Waals surface area contributed by atoms with E-state index in [-0.39, 0.29) is 11.0 Å². The van der Waals surface area contributed by atoms with Crippen molar-refractivity contribution < 1.29 is 9.47 Å². The summed E-state index contributed by atoms with van der Waals surface area (Å²) in [5.41, 5.74) is 1.72. The van der Waals surface area contributed by atoms with Gasteiger partial charge >= 0.3 is 0 Å². The second kappa shape index (κ2) is 6.15. The van der Waals surface area contributed by atoms with Crippen LogP contribution in [0.2, 0.25) is 0 Å². The van der Waals surface area contributed by atoms with Crippen LogP contribution in [-0.2, 0) is 9.47 Å². The summed E-state index contributed by atoms with van der Waals surface area (Å²) in [5, 5.41) is 0.256. The third kappa shape index (κ3) is 3.34. The van der Waals surface area contributed by atoms with E-state index in [1.54, 1.807) is 5.57 Å². The summed E-state index contributed by atoms with van der Waals surface area (Å²) in [4.78, 5) is 0. The second-order valence-electron chi connectivity index (χ2n) is 6.34. The molecule has 0 aromatic rings. The van der Waals surface area contributed by atoms with Gasteiger partial charge < -0.3 is 9.47 Å². The van der Waals surface area contributed by atoms with Crippen molar-refractivity contribution >= 4 is 11.6 Å². The van der Waals surface area contributed by atoms with Crippen LogP contribution < -0.4 is 0 Å². The van der Waals surface area contributed by atoms with Gasteiger partial charge in [-0.1, -0.05) is 18.1 Å². The van der Waals surface area contributed by atoms with E-state index < -0.39 is 0 Å². The SMILES string of the molecule is ClC1C=C(C2CCOC3(CCOCC3)C2)CCCC1. The molecular formula is C16H25ClO2. The number of ether oxygens (including phenoxy) is 2. The molecule has 0 amide bonds. The molecule has 0 bridgehead atoms. The van der Waals surface area contributed by atoms with Gasteiger partial charge in [0, 0.05) is 19.8 Å². The summed E-state index contributed by atoms with van der Waals surface area (Å²) in [6.45, 7) is 2.64. The number of alkyl halides is 1. The minimum absolute atomic E-state index is 0.107. The van der Waals surface area contributed by atoms with Gasteiger partial charge in [-0.25, -0.2) is 0 Å². The number of hydrogen-bond donors (Lipinski definition) is 0. The summed E-state index contributed by atoms with van der Waals surface area (Å²) >= 11 is 6.38. The van der Waals surface area contributed by atoms with Crippen molar-refractivity contribution in [3.63, 3.8) is 0 Å². The van der Waals surface area contributed by atoms with Gasteiger partial charge in [0.1, 0.15) is 0 Å². The topological polar surface area (TPSA) is 18.5 Å². The molecule has 0 aromatic carbocycles. The first kappa shape index (κ1) is 13.9. The molecule has 3 rings (SSSR count). The van der Waals surface area contributed by atoms with E-state index in [0.29, 0.717) is 5.92 Å². The Morgan fingerprint density at radius 1 is 1.11 bits per heavy atom. The minimum Gasteiger partial charge on any atom is -0.381 e. The van der Waals surface area contributed by atoms with Gasteiger partial charge in [0.15, 0.2) is 0 Å². The molecule has 1 spiro atoms. The second-order valence-corrected chi connectivity index (χ2v) is 6.90. The highest BCUT2D eigenvalue weighted by atomic mass is 35.5. The first-order valence-electron chi connectivity index (χ1n) is 7.84. The molecule has 2 fully saturated rings. The average Bonchev–Trinajstić information content (AvgIpc) is 2.64. The molecule has 0 N–H and O–H groups in total. The highest BCUT2D eigenvalue weighted by Crippen LogP contribution is 2.41. The Balaban J connectivity index is 1.70. The monoisotopic (exact) mass is 284 g/mol. The van der Waals surface area contributed by atoms with E-state index in [9.17, 15) is 0 Å². The molecule has 0 radical (unpaired) electrons. The number of hydrogen-bond acceptors (Lipinski definition) is 2. The Kier molecular flexibility index (Phi) is 4.51. The molecule has 2 aliphatic heterocycles. The van der Waals surface area contributed by atoms with Gasteiger partial charge in [-0.15, -0.1) is 11.6 Å². The van der Waals surface area contributed by atoms with Gasteiger partial charge in [0.05, 0.1) is 11.0 Å². The van der Waals surface area contributed by atoms with Crippen molar-refractivity contribution in [1.82, 2.24) is 0 Å². The largest absolute Gasteiger partial charge is 0.381 e. The maximum atomic E-state index is 6.38. The lowest BCUT2D eigenvalue weighted by Gasteiger charge is -2.44. The van der Waals surface area contributed by atoms with E-state index in [0.717, 1.165) is 39.1 Å². The quantitative estimate of drug-likeness (QED) is 0.534. The molecule has 3 heteroatoms. The van der Waals surface area contributed by atoms with Gasteiger partial charge in [-0.05, 0) is 50.9 Å². The summed E-state index contributed by atoms with van der Waals surface area (Å²) in [6, 6.07) is 0. The Labute approximate surface area is 121 Å². The molecular weight excluding hydrogens is 260 g/mol. The zero-order valence-electron chi connectivity index (χ0n) is 11.7. The molecule has 19 heavy (non-hydrogen) atoms.